The van der Waals surface area contributed by atoms with E-state index in [2.05, 4.69) is 18.2 Å². The van der Waals surface area contributed by atoms with E-state index in [1.165, 1.54) is 11.1 Å². The van der Waals surface area contributed by atoms with Crippen molar-refractivity contribution < 1.29 is 14.7 Å². The van der Waals surface area contributed by atoms with Gasteiger partial charge in [0.05, 0.1) is 0 Å². The first kappa shape index (κ1) is 18.9. The van der Waals surface area contributed by atoms with Gasteiger partial charge < -0.3 is 14.6 Å². The number of aliphatic carboxylic acids is 1. The number of carbonyl (C=O) groups is 2. The summed E-state index contributed by atoms with van der Waals surface area (Å²) in [6.45, 7) is 1.01. The number of hydrogen-bond donors (Lipinski definition) is 1. The van der Waals surface area contributed by atoms with Crippen LogP contribution in [0.1, 0.15) is 32.7 Å². The minimum absolute atomic E-state index is 0.0410. The maximum atomic E-state index is 13.7. The van der Waals surface area contributed by atoms with Gasteiger partial charge in [-0.1, -0.05) is 54.6 Å². The molecule has 0 saturated heterocycles. The highest BCUT2D eigenvalue weighted by molar-refractivity contribution is 6.03. The topological polar surface area (TPSA) is 62.5 Å². The van der Waals surface area contributed by atoms with Gasteiger partial charge in [-0.25, -0.2) is 0 Å². The van der Waals surface area contributed by atoms with Gasteiger partial charge in [0.25, 0.3) is 5.91 Å². The summed E-state index contributed by atoms with van der Waals surface area (Å²) in [7, 11) is 0. The first-order valence-corrected chi connectivity index (χ1v) is 10.9. The molecule has 1 N–H and O–H groups in total. The van der Waals surface area contributed by atoms with Crippen molar-refractivity contribution >= 4 is 22.8 Å². The Balaban J connectivity index is 1.40. The van der Waals surface area contributed by atoms with Crippen molar-refractivity contribution in [1.82, 2.24) is 9.47 Å². The Morgan fingerprint density at radius 3 is 2.56 bits per heavy atom. The largest absolute Gasteiger partial charge is 0.480 e. The van der Waals surface area contributed by atoms with E-state index in [1.807, 2.05) is 58.0 Å². The first-order chi connectivity index (χ1) is 15.6. The number of aromatic nitrogens is 1. The number of hydrogen-bond acceptors (Lipinski definition) is 2. The standard InChI is InChI=1S/C27H22N2O3/c30-25(31)16-29-23-11-4-3-9-20(23)22-15-28(13-12-24(22)29)27(32)21-10-5-7-18-14-17-6-1-2-8-19(17)26(18)21/h1-11H,12-16H2,(H,30,31). The predicted molar refractivity (Wildman–Crippen MR) is 123 cm³/mol. The van der Waals surface area contributed by atoms with Crippen molar-refractivity contribution in [1.29, 1.82) is 0 Å². The molecule has 0 spiro atoms. The lowest BCUT2D eigenvalue weighted by molar-refractivity contribution is -0.137. The highest BCUT2D eigenvalue weighted by atomic mass is 16.4. The van der Waals surface area contributed by atoms with Crippen LogP contribution in [0.25, 0.3) is 22.0 Å². The molecule has 0 saturated carbocycles. The van der Waals surface area contributed by atoms with Crippen molar-refractivity contribution in [3.63, 3.8) is 0 Å². The van der Waals surface area contributed by atoms with E-state index < -0.39 is 5.97 Å². The highest BCUT2D eigenvalue weighted by Crippen LogP contribution is 2.40. The summed E-state index contributed by atoms with van der Waals surface area (Å²) < 4.78 is 1.89. The average molecular weight is 422 g/mol. The van der Waals surface area contributed by atoms with Crippen LogP contribution in [0.3, 0.4) is 0 Å². The summed E-state index contributed by atoms with van der Waals surface area (Å²) in [5.41, 5.74) is 8.45. The Kier molecular flexibility index (Phi) is 4.18. The Hall–Kier alpha value is -3.86. The fourth-order valence-electron chi connectivity index (χ4n) is 5.43. The number of benzene rings is 3. The number of para-hydroxylation sites is 1. The van der Waals surface area contributed by atoms with Gasteiger partial charge in [-0.15, -0.1) is 0 Å². The van der Waals surface area contributed by atoms with Gasteiger partial charge in [-0.05, 0) is 40.8 Å². The molecule has 5 heteroatoms. The Morgan fingerprint density at radius 1 is 0.906 bits per heavy atom. The number of carboxylic acid groups (broad SMARTS) is 1. The van der Waals surface area contributed by atoms with Crippen LogP contribution in [0.4, 0.5) is 0 Å². The van der Waals surface area contributed by atoms with Gasteiger partial charge in [0, 0.05) is 47.2 Å². The number of rotatable bonds is 3. The molecule has 0 fully saturated rings. The maximum absolute atomic E-state index is 13.7. The quantitative estimate of drug-likeness (QED) is 0.466. The van der Waals surface area contributed by atoms with Crippen LogP contribution in [0.2, 0.25) is 0 Å². The van der Waals surface area contributed by atoms with Crippen molar-refractivity contribution in [2.45, 2.75) is 25.9 Å². The second kappa shape index (κ2) is 7.09. The molecule has 0 radical (unpaired) electrons. The van der Waals surface area contributed by atoms with Crippen LogP contribution in [-0.4, -0.2) is 33.0 Å². The monoisotopic (exact) mass is 422 g/mol. The second-order valence-corrected chi connectivity index (χ2v) is 8.57. The van der Waals surface area contributed by atoms with E-state index in [9.17, 15) is 14.7 Å². The minimum Gasteiger partial charge on any atom is -0.480 e. The molecule has 1 aliphatic heterocycles. The number of amides is 1. The van der Waals surface area contributed by atoms with Crippen LogP contribution < -0.4 is 0 Å². The molecule has 2 heterocycles. The zero-order valence-corrected chi connectivity index (χ0v) is 17.5. The summed E-state index contributed by atoms with van der Waals surface area (Å²) in [4.78, 5) is 27.1. The van der Waals surface area contributed by atoms with E-state index in [1.54, 1.807) is 0 Å². The van der Waals surface area contributed by atoms with Gasteiger partial charge in [-0.2, -0.15) is 0 Å². The molecule has 32 heavy (non-hydrogen) atoms. The first-order valence-electron chi connectivity index (χ1n) is 10.9. The summed E-state index contributed by atoms with van der Waals surface area (Å²) in [5.74, 6) is -0.815. The Labute approximate surface area is 185 Å². The minimum atomic E-state index is -0.856. The fraction of sp³-hybridized carbons (Fsp3) is 0.185. The number of nitrogens with zero attached hydrogens (tertiary/aromatic N) is 2. The number of carbonyl (C=O) groups excluding carboxylic acids is 1. The SMILES string of the molecule is O=C(O)Cn1c2c(c3ccccc31)CN(C(=O)c1cccc3c1-c1ccccc1C3)CC2. The predicted octanol–water partition coefficient (Wildman–Crippen LogP) is 4.50. The van der Waals surface area contributed by atoms with Crippen LogP contribution in [0.5, 0.6) is 0 Å². The van der Waals surface area contributed by atoms with Crippen LogP contribution in [-0.2, 0) is 30.7 Å². The van der Waals surface area contributed by atoms with Crippen molar-refractivity contribution in [3.8, 4) is 11.1 Å². The smallest absolute Gasteiger partial charge is 0.323 e. The zero-order chi connectivity index (χ0) is 21.8. The van der Waals surface area contributed by atoms with Gasteiger partial charge in [-0.3, -0.25) is 9.59 Å². The van der Waals surface area contributed by atoms with Gasteiger partial charge in [0.2, 0.25) is 0 Å². The molecule has 6 rings (SSSR count). The van der Waals surface area contributed by atoms with E-state index >= 15 is 0 Å². The third kappa shape index (κ3) is 2.78. The second-order valence-electron chi connectivity index (χ2n) is 8.57. The number of fused-ring (bicyclic) bond motifs is 6. The van der Waals surface area contributed by atoms with Crippen LogP contribution >= 0.6 is 0 Å². The lowest BCUT2D eigenvalue weighted by Crippen LogP contribution is -2.36. The van der Waals surface area contributed by atoms with Gasteiger partial charge in [0.15, 0.2) is 0 Å². The van der Waals surface area contributed by atoms with E-state index in [0.29, 0.717) is 19.5 Å². The lowest BCUT2D eigenvalue weighted by atomic mass is 9.97. The number of carboxylic acids is 1. The molecular formula is C27H22N2O3. The summed E-state index contributed by atoms with van der Waals surface area (Å²) >= 11 is 0. The van der Waals surface area contributed by atoms with Crippen LogP contribution in [0.15, 0.2) is 66.7 Å². The van der Waals surface area contributed by atoms with Crippen molar-refractivity contribution in [2.75, 3.05) is 6.54 Å². The molecule has 0 unspecified atom stereocenters. The lowest BCUT2D eigenvalue weighted by Gasteiger charge is -2.29. The van der Waals surface area contributed by atoms with Crippen molar-refractivity contribution in [2.24, 2.45) is 0 Å². The third-order valence-corrected chi connectivity index (χ3v) is 6.79. The molecule has 0 atom stereocenters. The third-order valence-electron chi connectivity index (χ3n) is 6.79. The van der Waals surface area contributed by atoms with E-state index in [4.69, 9.17) is 0 Å². The van der Waals surface area contributed by atoms with E-state index in [-0.39, 0.29) is 12.5 Å². The molecule has 2 aliphatic rings. The van der Waals surface area contributed by atoms with Crippen molar-refractivity contribution in [3.05, 3.63) is 94.7 Å². The molecule has 0 bridgehead atoms. The molecule has 1 amide bonds. The molecule has 5 nitrogen and oxygen atoms in total. The normalized spacial score (nSPS) is 14.2. The van der Waals surface area contributed by atoms with Gasteiger partial charge >= 0.3 is 5.97 Å². The zero-order valence-electron chi connectivity index (χ0n) is 17.5. The maximum Gasteiger partial charge on any atom is 0.323 e. The summed E-state index contributed by atoms with van der Waals surface area (Å²) in [6, 6.07) is 22.2. The highest BCUT2D eigenvalue weighted by Gasteiger charge is 2.30. The molecule has 3 aromatic carbocycles. The summed E-state index contributed by atoms with van der Waals surface area (Å²) in [5, 5.41) is 10.5. The van der Waals surface area contributed by atoms with Crippen LogP contribution in [0, 0.1) is 0 Å². The molecule has 1 aliphatic carbocycles. The fourth-order valence-corrected chi connectivity index (χ4v) is 5.43. The summed E-state index contributed by atoms with van der Waals surface area (Å²) in [6.07, 6.45) is 1.51. The Morgan fingerprint density at radius 2 is 1.69 bits per heavy atom. The molecular weight excluding hydrogens is 400 g/mol. The molecule has 1 aromatic heterocycles. The molecule has 158 valence electrons. The Bertz CT molecular complexity index is 1420. The molecule has 4 aromatic rings. The van der Waals surface area contributed by atoms with E-state index in [0.717, 1.165) is 45.3 Å². The van der Waals surface area contributed by atoms with Gasteiger partial charge in [0.1, 0.15) is 6.54 Å². The average Bonchev–Trinajstić information content (AvgIpc) is 3.34.